The molecule has 2 aromatic rings. The number of rotatable bonds is 2. The fraction of sp³-hybridized carbons (Fsp3) is 0.481. The van der Waals surface area contributed by atoms with Crippen molar-refractivity contribution in [3.05, 3.63) is 63.7 Å². The van der Waals surface area contributed by atoms with E-state index in [1.807, 2.05) is 0 Å². The maximum Gasteiger partial charge on any atom is -0.00603 e. The zero-order valence-corrected chi connectivity index (χ0v) is 18.7. The highest BCUT2D eigenvalue weighted by atomic mass is 14.3. The zero-order chi connectivity index (χ0) is 20.1. The third-order valence-electron chi connectivity index (χ3n) is 5.79. The first-order chi connectivity index (χ1) is 12.4. The Balaban J connectivity index is 2.31. The van der Waals surface area contributed by atoms with Crippen molar-refractivity contribution in [2.45, 2.75) is 85.5 Å². The smallest absolute Gasteiger partial charge is 0.00603 e. The Hall–Kier alpha value is -1.82. The number of fused-ring (bicyclic) bond motifs is 1. The van der Waals surface area contributed by atoms with E-state index in [4.69, 9.17) is 0 Å². The van der Waals surface area contributed by atoms with Gasteiger partial charge in [-0.2, -0.15) is 0 Å². The minimum absolute atomic E-state index is 0.139. The van der Waals surface area contributed by atoms with Crippen molar-refractivity contribution in [1.82, 2.24) is 0 Å². The van der Waals surface area contributed by atoms with Gasteiger partial charge in [0.2, 0.25) is 0 Å². The van der Waals surface area contributed by atoms with Crippen molar-refractivity contribution >= 4 is 6.08 Å². The van der Waals surface area contributed by atoms with Crippen molar-refractivity contribution in [2.24, 2.45) is 0 Å². The molecule has 0 atom stereocenters. The Kier molecular flexibility index (Phi) is 4.91. The fourth-order valence-corrected chi connectivity index (χ4v) is 3.87. The molecule has 1 aliphatic rings. The number of benzene rings is 2. The molecule has 0 N–H and O–H groups in total. The Morgan fingerprint density at radius 1 is 0.778 bits per heavy atom. The van der Waals surface area contributed by atoms with Gasteiger partial charge in [-0.1, -0.05) is 97.4 Å². The predicted octanol–water partition coefficient (Wildman–Crippen LogP) is 8.03. The van der Waals surface area contributed by atoms with Crippen LogP contribution in [0.25, 0.3) is 17.2 Å². The van der Waals surface area contributed by atoms with E-state index in [2.05, 4.69) is 98.7 Å². The van der Waals surface area contributed by atoms with Gasteiger partial charge in [-0.25, -0.2) is 0 Å². The summed E-state index contributed by atoms with van der Waals surface area (Å²) in [5, 5.41) is 0. The molecule has 2 aromatic carbocycles. The van der Waals surface area contributed by atoms with Crippen molar-refractivity contribution in [3.8, 4) is 11.1 Å². The molecule has 0 heterocycles. The second kappa shape index (κ2) is 6.66. The fourth-order valence-electron chi connectivity index (χ4n) is 3.87. The molecular formula is C27H36. The molecule has 0 aromatic heterocycles. The lowest BCUT2D eigenvalue weighted by Gasteiger charge is -2.27. The summed E-state index contributed by atoms with van der Waals surface area (Å²) in [5.41, 5.74) is 11.7. The van der Waals surface area contributed by atoms with Crippen molar-refractivity contribution in [2.75, 3.05) is 0 Å². The lowest BCUT2D eigenvalue weighted by atomic mass is 9.78. The lowest BCUT2D eigenvalue weighted by Crippen LogP contribution is -2.16. The molecule has 0 saturated heterocycles. The van der Waals surface area contributed by atoms with Crippen LogP contribution in [0, 0.1) is 0 Å². The van der Waals surface area contributed by atoms with E-state index in [9.17, 15) is 0 Å². The highest BCUT2D eigenvalue weighted by Crippen LogP contribution is 2.40. The van der Waals surface area contributed by atoms with Gasteiger partial charge in [0.05, 0.1) is 0 Å². The second-order valence-electron chi connectivity index (χ2n) is 10.8. The van der Waals surface area contributed by atoms with Crippen LogP contribution >= 0.6 is 0 Å². The van der Waals surface area contributed by atoms with Gasteiger partial charge in [0.25, 0.3) is 0 Å². The van der Waals surface area contributed by atoms with Crippen molar-refractivity contribution < 1.29 is 0 Å². The van der Waals surface area contributed by atoms with E-state index >= 15 is 0 Å². The quantitative estimate of drug-likeness (QED) is 0.508. The molecule has 3 rings (SSSR count). The first-order valence-electron chi connectivity index (χ1n) is 10.4. The van der Waals surface area contributed by atoms with E-state index in [0.29, 0.717) is 5.92 Å². The summed E-state index contributed by atoms with van der Waals surface area (Å²) in [5.74, 6) is 0.544. The maximum absolute atomic E-state index is 2.44. The highest BCUT2D eigenvalue weighted by molar-refractivity contribution is 5.82. The van der Waals surface area contributed by atoms with Crippen LogP contribution in [0.5, 0.6) is 0 Å². The zero-order valence-electron chi connectivity index (χ0n) is 18.7. The van der Waals surface area contributed by atoms with Crippen LogP contribution in [-0.4, -0.2) is 0 Å². The molecule has 0 aliphatic heterocycles. The van der Waals surface area contributed by atoms with Crippen molar-refractivity contribution in [3.63, 3.8) is 0 Å². The number of hydrogen-bond donors (Lipinski definition) is 0. The van der Waals surface area contributed by atoms with Crippen LogP contribution in [-0.2, 0) is 17.3 Å². The summed E-state index contributed by atoms with van der Waals surface area (Å²) in [6.45, 7) is 20.8. The molecule has 0 saturated carbocycles. The van der Waals surface area contributed by atoms with Crippen LogP contribution < -0.4 is 0 Å². The minimum atomic E-state index is 0.139. The van der Waals surface area contributed by atoms with Gasteiger partial charge >= 0.3 is 0 Å². The summed E-state index contributed by atoms with van der Waals surface area (Å²) in [4.78, 5) is 0. The van der Waals surface area contributed by atoms with E-state index < -0.39 is 0 Å². The first kappa shape index (κ1) is 19.9. The van der Waals surface area contributed by atoms with Gasteiger partial charge in [0.15, 0.2) is 0 Å². The molecule has 0 unspecified atom stereocenters. The Morgan fingerprint density at radius 2 is 1.33 bits per heavy atom. The van der Waals surface area contributed by atoms with Crippen LogP contribution in [0.2, 0.25) is 0 Å². The Bertz CT molecular complexity index is 861. The molecule has 0 radical (unpaired) electrons. The molecule has 0 fully saturated rings. The third-order valence-corrected chi connectivity index (χ3v) is 5.79. The van der Waals surface area contributed by atoms with Crippen LogP contribution in [0.15, 0.2) is 35.9 Å². The van der Waals surface area contributed by atoms with Gasteiger partial charge in [-0.15, -0.1) is 0 Å². The molecule has 0 heteroatoms. The molecular weight excluding hydrogens is 324 g/mol. The summed E-state index contributed by atoms with van der Waals surface area (Å²) in [6, 6.07) is 12.1. The van der Waals surface area contributed by atoms with E-state index in [1.54, 1.807) is 0 Å². The van der Waals surface area contributed by atoms with Gasteiger partial charge in [0.1, 0.15) is 0 Å². The van der Waals surface area contributed by atoms with Crippen molar-refractivity contribution in [1.29, 1.82) is 0 Å². The van der Waals surface area contributed by atoms with Crippen LogP contribution in [0.4, 0.5) is 0 Å². The highest BCUT2D eigenvalue weighted by Gasteiger charge is 2.23. The SMILES string of the molecule is CC1=Cc2c(cc(C(C)C)cc2-c2cc(C(C)(C)C)cc(C(C)(C)C)c2)C1. The molecule has 144 valence electrons. The molecule has 1 aliphatic carbocycles. The van der Waals surface area contributed by atoms with Gasteiger partial charge in [-0.3, -0.25) is 0 Å². The predicted molar refractivity (Wildman–Crippen MR) is 121 cm³/mol. The number of hydrogen-bond acceptors (Lipinski definition) is 0. The molecule has 27 heavy (non-hydrogen) atoms. The van der Waals surface area contributed by atoms with Gasteiger partial charge < -0.3 is 0 Å². The molecule has 0 amide bonds. The largest absolute Gasteiger partial charge is 0.0683 e. The normalized spacial score (nSPS) is 14.5. The third kappa shape index (κ3) is 4.05. The second-order valence-corrected chi connectivity index (χ2v) is 10.8. The lowest BCUT2D eigenvalue weighted by molar-refractivity contribution is 0.569. The topological polar surface area (TPSA) is 0 Å². The standard InChI is InChI=1S/C27H36/c1-17(2)19-12-20-10-18(3)11-24(20)25(15-19)21-13-22(26(4,5)6)16-23(14-21)27(7,8)9/h11-17H,10H2,1-9H3. The Labute approximate surface area is 166 Å². The average Bonchev–Trinajstić information content (AvgIpc) is 2.91. The van der Waals surface area contributed by atoms with E-state index in [1.165, 1.54) is 44.5 Å². The summed E-state index contributed by atoms with van der Waals surface area (Å²) >= 11 is 0. The summed E-state index contributed by atoms with van der Waals surface area (Å²) < 4.78 is 0. The molecule has 0 bridgehead atoms. The van der Waals surface area contributed by atoms with Gasteiger partial charge in [-0.05, 0) is 69.0 Å². The summed E-state index contributed by atoms with van der Waals surface area (Å²) in [7, 11) is 0. The van der Waals surface area contributed by atoms with E-state index in [0.717, 1.165) is 6.42 Å². The minimum Gasteiger partial charge on any atom is -0.0683 e. The van der Waals surface area contributed by atoms with Gasteiger partial charge in [0, 0.05) is 0 Å². The van der Waals surface area contributed by atoms with Crippen LogP contribution in [0.1, 0.15) is 96.0 Å². The molecule has 0 spiro atoms. The van der Waals surface area contributed by atoms with E-state index in [-0.39, 0.29) is 10.8 Å². The average molecular weight is 361 g/mol. The maximum atomic E-state index is 2.44. The monoisotopic (exact) mass is 360 g/mol. The van der Waals surface area contributed by atoms with Crippen LogP contribution in [0.3, 0.4) is 0 Å². The summed E-state index contributed by atoms with van der Waals surface area (Å²) in [6.07, 6.45) is 3.49. The number of allylic oxidation sites excluding steroid dienone is 1. The first-order valence-corrected chi connectivity index (χ1v) is 10.4. The molecule has 0 nitrogen and oxygen atoms in total. The Morgan fingerprint density at radius 3 is 1.81 bits per heavy atom.